The molecule has 190 valence electrons. The number of aromatic nitrogens is 6. The third-order valence-corrected chi connectivity index (χ3v) is 6.60. The second kappa shape index (κ2) is 9.68. The van der Waals surface area contributed by atoms with Crippen LogP contribution in [0.5, 0.6) is 0 Å². The van der Waals surface area contributed by atoms with Crippen molar-refractivity contribution < 1.29 is 4.39 Å². The summed E-state index contributed by atoms with van der Waals surface area (Å²) in [6, 6.07) is 14.9. The van der Waals surface area contributed by atoms with Crippen molar-refractivity contribution in [2.24, 2.45) is 0 Å². The van der Waals surface area contributed by atoms with Crippen LogP contribution < -0.4 is 5.32 Å². The molecule has 4 aromatic heterocycles. The molecule has 0 unspecified atom stereocenters. The largest absolute Gasteiger partial charge is 0.384 e. The van der Waals surface area contributed by atoms with Gasteiger partial charge in [0.05, 0.1) is 28.4 Å². The molecule has 0 aliphatic carbocycles. The van der Waals surface area contributed by atoms with Crippen LogP contribution in [-0.4, -0.2) is 62.2 Å². The van der Waals surface area contributed by atoms with Crippen molar-refractivity contribution in [2.45, 2.75) is 6.92 Å². The highest BCUT2D eigenvalue weighted by molar-refractivity contribution is 5.98. The summed E-state index contributed by atoms with van der Waals surface area (Å²) < 4.78 is 14.6. The van der Waals surface area contributed by atoms with Crippen LogP contribution in [-0.2, 0) is 0 Å². The van der Waals surface area contributed by atoms with E-state index in [2.05, 4.69) is 35.4 Å². The highest BCUT2D eigenvalue weighted by Crippen LogP contribution is 2.34. The van der Waals surface area contributed by atoms with E-state index < -0.39 is 0 Å². The van der Waals surface area contributed by atoms with Gasteiger partial charge < -0.3 is 15.2 Å². The molecule has 38 heavy (non-hydrogen) atoms. The zero-order valence-corrected chi connectivity index (χ0v) is 21.4. The van der Waals surface area contributed by atoms with Crippen LogP contribution in [0.1, 0.15) is 5.56 Å². The molecule has 3 N–H and O–H groups in total. The van der Waals surface area contributed by atoms with E-state index in [0.29, 0.717) is 18.1 Å². The van der Waals surface area contributed by atoms with E-state index in [4.69, 9.17) is 4.98 Å². The summed E-state index contributed by atoms with van der Waals surface area (Å²) >= 11 is 0. The third kappa shape index (κ3) is 4.48. The molecule has 4 heterocycles. The lowest BCUT2D eigenvalue weighted by atomic mass is 10.0. The number of nitrogens with one attached hydrogen (secondary N) is 3. The number of hydrogen-bond acceptors (Lipinski definition) is 6. The molecule has 9 heteroatoms. The summed E-state index contributed by atoms with van der Waals surface area (Å²) in [5.41, 5.74) is 8.31. The summed E-state index contributed by atoms with van der Waals surface area (Å²) in [6.07, 6.45) is 5.37. The van der Waals surface area contributed by atoms with Crippen LogP contribution in [0.4, 0.5) is 10.1 Å². The zero-order chi connectivity index (χ0) is 26.2. The normalized spacial score (nSPS) is 11.6. The number of pyridine rings is 2. The molecule has 0 spiro atoms. The van der Waals surface area contributed by atoms with Crippen molar-refractivity contribution in [3.63, 3.8) is 0 Å². The average molecular weight is 507 g/mol. The van der Waals surface area contributed by atoms with E-state index in [1.54, 1.807) is 18.5 Å². The van der Waals surface area contributed by atoms with Gasteiger partial charge in [0.1, 0.15) is 11.5 Å². The molecule has 0 bridgehead atoms. The molecule has 6 aromatic rings. The van der Waals surface area contributed by atoms with Crippen molar-refractivity contribution >= 4 is 27.6 Å². The van der Waals surface area contributed by atoms with Gasteiger partial charge in [-0.25, -0.2) is 9.37 Å². The van der Waals surface area contributed by atoms with E-state index >= 15 is 0 Å². The van der Waals surface area contributed by atoms with Gasteiger partial charge in [0.25, 0.3) is 0 Å². The number of aromatic amines is 2. The van der Waals surface area contributed by atoms with Crippen LogP contribution in [0.2, 0.25) is 0 Å². The van der Waals surface area contributed by atoms with Crippen molar-refractivity contribution in [1.29, 1.82) is 0 Å². The molecule has 0 amide bonds. The number of imidazole rings is 1. The van der Waals surface area contributed by atoms with Gasteiger partial charge in [-0.2, -0.15) is 5.10 Å². The van der Waals surface area contributed by atoms with Crippen molar-refractivity contribution in [3.8, 4) is 33.9 Å². The molecule has 0 saturated heterocycles. The van der Waals surface area contributed by atoms with E-state index in [1.807, 2.05) is 63.6 Å². The van der Waals surface area contributed by atoms with Crippen molar-refractivity contribution in [1.82, 2.24) is 35.0 Å². The SMILES string of the molecule is Cc1ccncc1-c1cc2c(-c3nc4c(-c5cc(F)cc(NCCN(C)C)c5)cccc4[nH]3)n[nH]c2cn1. The first-order valence-corrected chi connectivity index (χ1v) is 12.4. The van der Waals surface area contributed by atoms with Crippen LogP contribution in [0.25, 0.3) is 55.8 Å². The van der Waals surface area contributed by atoms with Crippen molar-refractivity contribution in [3.05, 3.63) is 78.5 Å². The fraction of sp³-hybridized carbons (Fsp3) is 0.172. The number of rotatable bonds is 7. The Hall–Kier alpha value is -4.63. The first kappa shape index (κ1) is 23.7. The van der Waals surface area contributed by atoms with Gasteiger partial charge in [0, 0.05) is 47.7 Å². The van der Waals surface area contributed by atoms with Crippen molar-refractivity contribution in [2.75, 3.05) is 32.5 Å². The molecule has 0 saturated carbocycles. The number of halogens is 1. The van der Waals surface area contributed by atoms with E-state index in [1.165, 1.54) is 6.07 Å². The fourth-order valence-electron chi connectivity index (χ4n) is 4.62. The van der Waals surface area contributed by atoms with Gasteiger partial charge in [-0.15, -0.1) is 0 Å². The van der Waals surface area contributed by atoms with Crippen LogP contribution >= 0.6 is 0 Å². The molecule has 6 rings (SSSR count). The highest BCUT2D eigenvalue weighted by atomic mass is 19.1. The Morgan fingerprint density at radius 1 is 1.00 bits per heavy atom. The highest BCUT2D eigenvalue weighted by Gasteiger charge is 2.17. The molecular formula is C29H27FN8. The van der Waals surface area contributed by atoms with Gasteiger partial charge in [-0.05, 0) is 68.5 Å². The van der Waals surface area contributed by atoms with E-state index in [-0.39, 0.29) is 5.82 Å². The Morgan fingerprint density at radius 3 is 2.74 bits per heavy atom. The summed E-state index contributed by atoms with van der Waals surface area (Å²) in [5.74, 6) is 0.325. The number of hydrogen-bond donors (Lipinski definition) is 3. The number of benzene rings is 2. The number of H-pyrrole nitrogens is 2. The lowest BCUT2D eigenvalue weighted by molar-refractivity contribution is 0.425. The minimum absolute atomic E-state index is 0.299. The summed E-state index contributed by atoms with van der Waals surface area (Å²) in [5, 5.41) is 11.8. The molecule has 8 nitrogen and oxygen atoms in total. The Morgan fingerprint density at radius 2 is 1.89 bits per heavy atom. The summed E-state index contributed by atoms with van der Waals surface area (Å²) in [6.45, 7) is 3.60. The minimum Gasteiger partial charge on any atom is -0.384 e. The topological polar surface area (TPSA) is 98.4 Å². The monoisotopic (exact) mass is 506 g/mol. The first-order valence-electron chi connectivity index (χ1n) is 12.4. The lowest BCUT2D eigenvalue weighted by Gasteiger charge is -2.13. The molecule has 0 fully saturated rings. The maximum Gasteiger partial charge on any atom is 0.159 e. The Balaban J connectivity index is 1.41. The van der Waals surface area contributed by atoms with Gasteiger partial charge in [0.15, 0.2) is 5.82 Å². The number of likely N-dealkylation sites (N-methyl/N-ethyl adjacent to an activating group) is 1. The standard InChI is InChI=1S/C29H27FN8/c1-17-7-8-31-15-23(17)25-14-22-26(16-33-25)36-37-28(22)29-34-24-6-4-5-21(27(24)35-29)18-11-19(30)13-20(12-18)32-9-10-38(2)3/h4-8,11-16,32H,9-10H2,1-3H3,(H,34,35)(H,36,37). The molecule has 0 atom stereocenters. The van der Waals surface area contributed by atoms with E-state index in [9.17, 15) is 4.39 Å². The number of fused-ring (bicyclic) bond motifs is 2. The maximum atomic E-state index is 14.6. The average Bonchev–Trinajstić information content (AvgIpc) is 3.52. The molecule has 0 radical (unpaired) electrons. The summed E-state index contributed by atoms with van der Waals surface area (Å²) in [7, 11) is 4.02. The number of para-hydroxylation sites is 1. The smallest absolute Gasteiger partial charge is 0.159 e. The zero-order valence-electron chi connectivity index (χ0n) is 21.4. The van der Waals surface area contributed by atoms with Gasteiger partial charge in [-0.1, -0.05) is 12.1 Å². The Kier molecular flexibility index (Phi) is 6.05. The van der Waals surface area contributed by atoms with E-state index in [0.717, 1.165) is 62.1 Å². The number of anilines is 1. The second-order valence-corrected chi connectivity index (χ2v) is 9.62. The Labute approximate surface area is 219 Å². The quantitative estimate of drug-likeness (QED) is 0.259. The fourth-order valence-corrected chi connectivity index (χ4v) is 4.62. The molecular weight excluding hydrogens is 479 g/mol. The third-order valence-electron chi connectivity index (χ3n) is 6.60. The van der Waals surface area contributed by atoms with Gasteiger partial charge >= 0.3 is 0 Å². The van der Waals surface area contributed by atoms with Gasteiger partial charge in [-0.3, -0.25) is 15.1 Å². The molecule has 0 aliphatic rings. The predicted molar refractivity (Wildman–Crippen MR) is 149 cm³/mol. The molecule has 0 aliphatic heterocycles. The minimum atomic E-state index is -0.299. The Bertz CT molecular complexity index is 1770. The number of aryl methyl sites for hydroxylation is 1. The lowest BCUT2D eigenvalue weighted by Crippen LogP contribution is -2.20. The number of nitrogens with zero attached hydrogens (tertiary/aromatic N) is 5. The van der Waals surface area contributed by atoms with Crippen LogP contribution in [0.15, 0.2) is 67.1 Å². The predicted octanol–water partition coefficient (Wildman–Crippen LogP) is 5.65. The second-order valence-electron chi connectivity index (χ2n) is 9.62. The summed E-state index contributed by atoms with van der Waals surface area (Å²) in [4.78, 5) is 19.3. The molecule has 2 aromatic carbocycles. The maximum absolute atomic E-state index is 14.6. The van der Waals surface area contributed by atoms with Crippen LogP contribution in [0, 0.1) is 12.7 Å². The van der Waals surface area contributed by atoms with Gasteiger partial charge in [0.2, 0.25) is 0 Å². The first-order chi connectivity index (χ1) is 18.5. The van der Waals surface area contributed by atoms with Crippen LogP contribution in [0.3, 0.4) is 0 Å².